The maximum atomic E-state index is 5.32. The molecular formula is C14H20N2O. The summed E-state index contributed by atoms with van der Waals surface area (Å²) in [6.07, 6.45) is 1.29. The van der Waals surface area contributed by atoms with Crippen molar-refractivity contribution in [3.8, 4) is 5.75 Å². The van der Waals surface area contributed by atoms with Crippen molar-refractivity contribution in [1.82, 2.24) is 5.32 Å². The first-order valence-corrected chi connectivity index (χ1v) is 6.39. The van der Waals surface area contributed by atoms with Crippen molar-refractivity contribution in [3.05, 3.63) is 23.8 Å². The third-order valence-electron chi connectivity index (χ3n) is 4.18. The molecule has 1 saturated heterocycles. The minimum absolute atomic E-state index is 0.681. The van der Waals surface area contributed by atoms with Crippen LogP contribution in [0.5, 0.6) is 5.75 Å². The van der Waals surface area contributed by atoms with Crippen LogP contribution in [-0.4, -0.2) is 33.8 Å². The zero-order chi connectivity index (χ0) is 11.8. The number of hydrogen-bond acceptors (Lipinski definition) is 3. The van der Waals surface area contributed by atoms with E-state index in [1.807, 2.05) is 0 Å². The normalized spacial score (nSPS) is 27.3. The second-order valence-electron chi connectivity index (χ2n) is 5.16. The van der Waals surface area contributed by atoms with E-state index in [-0.39, 0.29) is 0 Å². The predicted octanol–water partition coefficient (Wildman–Crippen LogP) is 1.84. The Morgan fingerprint density at radius 3 is 3.12 bits per heavy atom. The Labute approximate surface area is 103 Å². The number of benzene rings is 1. The minimum Gasteiger partial charge on any atom is -0.497 e. The van der Waals surface area contributed by atoms with Crippen LogP contribution in [-0.2, 0) is 0 Å². The quantitative estimate of drug-likeness (QED) is 0.799. The van der Waals surface area contributed by atoms with Crippen LogP contribution >= 0.6 is 0 Å². The molecule has 2 atom stereocenters. The molecule has 0 amide bonds. The van der Waals surface area contributed by atoms with Gasteiger partial charge < -0.3 is 15.0 Å². The van der Waals surface area contributed by atoms with E-state index in [1.54, 1.807) is 7.11 Å². The van der Waals surface area contributed by atoms with Crippen LogP contribution in [0.25, 0.3) is 0 Å². The number of rotatable bonds is 1. The Morgan fingerprint density at radius 1 is 1.41 bits per heavy atom. The van der Waals surface area contributed by atoms with Crippen LogP contribution in [0.3, 0.4) is 0 Å². The van der Waals surface area contributed by atoms with Gasteiger partial charge in [-0.2, -0.15) is 0 Å². The summed E-state index contributed by atoms with van der Waals surface area (Å²) in [5.41, 5.74) is 2.83. The Bertz CT molecular complexity index is 419. The minimum atomic E-state index is 0.681. The van der Waals surface area contributed by atoms with Crippen molar-refractivity contribution >= 4 is 5.69 Å². The lowest BCUT2D eigenvalue weighted by Crippen LogP contribution is -2.44. The molecule has 2 unspecified atom stereocenters. The molecule has 3 rings (SSSR count). The van der Waals surface area contributed by atoms with Gasteiger partial charge in [0.25, 0.3) is 0 Å². The molecule has 3 heteroatoms. The maximum absolute atomic E-state index is 5.32. The van der Waals surface area contributed by atoms with Gasteiger partial charge in [0.2, 0.25) is 0 Å². The molecule has 0 spiro atoms. The van der Waals surface area contributed by atoms with E-state index in [2.05, 4.69) is 35.5 Å². The third kappa shape index (κ3) is 1.78. The molecule has 17 heavy (non-hydrogen) atoms. The second-order valence-corrected chi connectivity index (χ2v) is 5.16. The van der Waals surface area contributed by atoms with E-state index in [9.17, 15) is 0 Å². The van der Waals surface area contributed by atoms with Gasteiger partial charge in [-0.15, -0.1) is 0 Å². The smallest absolute Gasteiger partial charge is 0.120 e. The second kappa shape index (κ2) is 4.22. The van der Waals surface area contributed by atoms with E-state index in [1.165, 1.54) is 30.8 Å². The fraction of sp³-hybridized carbons (Fsp3) is 0.571. The van der Waals surface area contributed by atoms with Crippen LogP contribution in [0.15, 0.2) is 18.2 Å². The fourth-order valence-electron chi connectivity index (χ4n) is 3.24. The number of nitrogens with one attached hydrogen (secondary N) is 1. The number of fused-ring (bicyclic) bond motifs is 3. The van der Waals surface area contributed by atoms with Crippen LogP contribution < -0.4 is 15.0 Å². The molecule has 0 saturated carbocycles. The topological polar surface area (TPSA) is 24.5 Å². The lowest BCUT2D eigenvalue weighted by Gasteiger charge is -2.42. The Morgan fingerprint density at radius 2 is 2.29 bits per heavy atom. The Balaban J connectivity index is 2.01. The van der Waals surface area contributed by atoms with Crippen molar-refractivity contribution in [2.75, 3.05) is 38.7 Å². The molecule has 0 radical (unpaired) electrons. The molecule has 1 aromatic carbocycles. The third-order valence-corrected chi connectivity index (χ3v) is 4.18. The largest absolute Gasteiger partial charge is 0.497 e. The zero-order valence-electron chi connectivity index (χ0n) is 10.6. The maximum Gasteiger partial charge on any atom is 0.120 e. The first-order valence-electron chi connectivity index (χ1n) is 6.39. The highest BCUT2D eigenvalue weighted by molar-refractivity contribution is 5.60. The van der Waals surface area contributed by atoms with Gasteiger partial charge in [0, 0.05) is 37.8 Å². The summed E-state index contributed by atoms with van der Waals surface area (Å²) in [7, 11) is 3.92. The van der Waals surface area contributed by atoms with E-state index in [0.717, 1.165) is 18.2 Å². The summed E-state index contributed by atoms with van der Waals surface area (Å²) in [5, 5.41) is 3.52. The summed E-state index contributed by atoms with van der Waals surface area (Å²) in [5.74, 6) is 2.45. The van der Waals surface area contributed by atoms with E-state index in [4.69, 9.17) is 4.74 Å². The fourth-order valence-corrected chi connectivity index (χ4v) is 3.24. The van der Waals surface area contributed by atoms with Crippen molar-refractivity contribution < 1.29 is 4.74 Å². The Kier molecular flexibility index (Phi) is 2.71. The summed E-state index contributed by atoms with van der Waals surface area (Å²) >= 11 is 0. The van der Waals surface area contributed by atoms with Gasteiger partial charge in [-0.05, 0) is 30.5 Å². The molecule has 1 N–H and O–H groups in total. The molecule has 1 aromatic rings. The Hall–Kier alpha value is -1.22. The van der Waals surface area contributed by atoms with Gasteiger partial charge in [-0.1, -0.05) is 6.07 Å². The van der Waals surface area contributed by atoms with Crippen molar-refractivity contribution in [2.45, 2.75) is 12.3 Å². The molecule has 0 bridgehead atoms. The molecule has 0 aromatic heterocycles. The highest BCUT2D eigenvalue weighted by Gasteiger charge is 2.33. The van der Waals surface area contributed by atoms with Crippen molar-refractivity contribution in [2.24, 2.45) is 5.92 Å². The molecule has 3 nitrogen and oxygen atoms in total. The summed E-state index contributed by atoms with van der Waals surface area (Å²) in [4.78, 5) is 2.38. The van der Waals surface area contributed by atoms with Crippen LogP contribution in [0, 0.1) is 5.92 Å². The number of hydrogen-bond donors (Lipinski definition) is 1. The SMILES string of the molecule is COc1ccc2c(c1)N(C)CC1CCNCC21. The number of methoxy groups -OCH3 is 1. The van der Waals surface area contributed by atoms with Crippen LogP contribution in [0.4, 0.5) is 5.69 Å². The standard InChI is InChI=1S/C14H20N2O/c1-16-9-10-5-6-15-8-13(10)12-4-3-11(17-2)7-14(12)16/h3-4,7,10,13,15H,5-6,8-9H2,1-2H3. The highest BCUT2D eigenvalue weighted by Crippen LogP contribution is 2.41. The first kappa shape index (κ1) is 10.9. The van der Waals surface area contributed by atoms with Gasteiger partial charge in [0.1, 0.15) is 5.75 Å². The molecule has 2 aliphatic rings. The number of nitrogens with zero attached hydrogens (tertiary/aromatic N) is 1. The lowest BCUT2D eigenvalue weighted by atomic mass is 9.77. The highest BCUT2D eigenvalue weighted by atomic mass is 16.5. The van der Waals surface area contributed by atoms with E-state index in [0.29, 0.717) is 5.92 Å². The molecule has 0 aliphatic carbocycles. The molecule has 2 heterocycles. The molecule has 2 aliphatic heterocycles. The molecule has 92 valence electrons. The van der Waals surface area contributed by atoms with E-state index < -0.39 is 0 Å². The summed E-state index contributed by atoms with van der Waals surface area (Å²) in [6, 6.07) is 6.50. The number of piperidine rings is 1. The first-order chi connectivity index (χ1) is 8.29. The lowest BCUT2D eigenvalue weighted by molar-refractivity contribution is 0.316. The van der Waals surface area contributed by atoms with Gasteiger partial charge in [0.05, 0.1) is 7.11 Å². The molecular weight excluding hydrogens is 212 g/mol. The van der Waals surface area contributed by atoms with Gasteiger partial charge in [0.15, 0.2) is 0 Å². The van der Waals surface area contributed by atoms with Crippen LogP contribution in [0.2, 0.25) is 0 Å². The van der Waals surface area contributed by atoms with Gasteiger partial charge in [-0.25, -0.2) is 0 Å². The monoisotopic (exact) mass is 232 g/mol. The predicted molar refractivity (Wildman–Crippen MR) is 70.0 cm³/mol. The van der Waals surface area contributed by atoms with E-state index >= 15 is 0 Å². The van der Waals surface area contributed by atoms with Crippen LogP contribution in [0.1, 0.15) is 17.9 Å². The average molecular weight is 232 g/mol. The molecule has 1 fully saturated rings. The summed E-state index contributed by atoms with van der Waals surface area (Å²) in [6.45, 7) is 3.46. The summed E-state index contributed by atoms with van der Waals surface area (Å²) < 4.78 is 5.32. The average Bonchev–Trinajstić information content (AvgIpc) is 2.38. The van der Waals surface area contributed by atoms with Crippen molar-refractivity contribution in [3.63, 3.8) is 0 Å². The van der Waals surface area contributed by atoms with Gasteiger partial charge in [-0.3, -0.25) is 0 Å². The zero-order valence-corrected chi connectivity index (χ0v) is 10.6. The number of ether oxygens (including phenoxy) is 1. The van der Waals surface area contributed by atoms with Gasteiger partial charge >= 0.3 is 0 Å². The number of anilines is 1. The van der Waals surface area contributed by atoms with Crippen molar-refractivity contribution in [1.29, 1.82) is 0 Å².